The molecule has 4 aromatic carbocycles. The average molecular weight is 443 g/mol. The molecule has 6 heteroatoms. The number of sulfonamides is 1. The number of ketones is 1. The molecule has 0 atom stereocenters. The van der Waals surface area contributed by atoms with Gasteiger partial charge in [-0.15, -0.1) is 0 Å². The zero-order valence-electron chi connectivity index (χ0n) is 17.2. The Hall–Kier alpha value is -3.90. The number of fused-ring (bicyclic) bond motifs is 1. The molecule has 0 aromatic heterocycles. The van der Waals surface area contributed by atoms with Crippen molar-refractivity contribution in [3.05, 3.63) is 120 Å². The quantitative estimate of drug-likeness (QED) is 0.275. The van der Waals surface area contributed by atoms with E-state index in [1.54, 1.807) is 54.6 Å². The largest absolute Gasteiger partial charge is 0.360 e. The van der Waals surface area contributed by atoms with Crippen molar-refractivity contribution in [2.75, 3.05) is 10.0 Å². The number of carbonyl (C=O) groups is 1. The van der Waals surface area contributed by atoms with Crippen molar-refractivity contribution in [2.45, 2.75) is 5.75 Å². The fourth-order valence-corrected chi connectivity index (χ4v) is 4.65. The Kier molecular flexibility index (Phi) is 6.33. The first kappa shape index (κ1) is 21.3. The molecule has 0 bridgehead atoms. The van der Waals surface area contributed by atoms with Crippen molar-refractivity contribution < 1.29 is 13.2 Å². The zero-order valence-corrected chi connectivity index (χ0v) is 18.0. The maximum atomic E-state index is 12.7. The molecule has 0 heterocycles. The first-order valence-corrected chi connectivity index (χ1v) is 11.8. The van der Waals surface area contributed by atoms with Gasteiger partial charge < -0.3 is 5.32 Å². The molecule has 5 nitrogen and oxygen atoms in total. The standard InChI is InChI=1S/C26H22N2O3S/c29-26(23-14-8-12-21-11-4-5-13-22(21)23)17-18-27-24-15-6-7-16-25(24)28-32(30,31)19-20-9-2-1-3-10-20/h1-18,27-28H,19H2/b18-17+. The van der Waals surface area contributed by atoms with E-state index in [9.17, 15) is 13.2 Å². The van der Waals surface area contributed by atoms with Crippen molar-refractivity contribution in [2.24, 2.45) is 0 Å². The summed E-state index contributed by atoms with van der Waals surface area (Å²) in [7, 11) is -3.60. The summed E-state index contributed by atoms with van der Waals surface area (Å²) in [6, 6.07) is 29.3. The van der Waals surface area contributed by atoms with E-state index in [1.165, 1.54) is 12.3 Å². The molecule has 0 aliphatic heterocycles. The van der Waals surface area contributed by atoms with Crippen molar-refractivity contribution >= 4 is 38.0 Å². The van der Waals surface area contributed by atoms with Crippen LogP contribution in [0.25, 0.3) is 10.8 Å². The summed E-state index contributed by atoms with van der Waals surface area (Å²) in [6.45, 7) is 0. The average Bonchev–Trinajstić information content (AvgIpc) is 2.80. The number of carbonyl (C=O) groups excluding carboxylic acids is 1. The van der Waals surface area contributed by atoms with E-state index < -0.39 is 10.0 Å². The van der Waals surface area contributed by atoms with Gasteiger partial charge in [-0.2, -0.15) is 0 Å². The SMILES string of the molecule is O=C(/C=C/Nc1ccccc1NS(=O)(=O)Cc1ccccc1)c1cccc2ccccc12. The Bertz CT molecular complexity index is 1380. The molecule has 0 amide bonds. The number of allylic oxidation sites excluding steroid dienone is 1. The lowest BCUT2D eigenvalue weighted by Gasteiger charge is -2.12. The van der Waals surface area contributed by atoms with E-state index >= 15 is 0 Å². The van der Waals surface area contributed by atoms with Gasteiger partial charge in [0.1, 0.15) is 0 Å². The second-order valence-corrected chi connectivity index (χ2v) is 8.98. The van der Waals surface area contributed by atoms with E-state index in [-0.39, 0.29) is 11.5 Å². The minimum Gasteiger partial charge on any atom is -0.360 e. The molecular weight excluding hydrogens is 420 g/mol. The van der Waals surface area contributed by atoms with E-state index in [0.717, 1.165) is 10.8 Å². The molecule has 160 valence electrons. The Morgan fingerprint density at radius 2 is 1.41 bits per heavy atom. The summed E-state index contributed by atoms with van der Waals surface area (Å²) in [5.41, 5.74) is 2.26. The van der Waals surface area contributed by atoms with Crippen molar-refractivity contribution in [1.29, 1.82) is 0 Å². The van der Waals surface area contributed by atoms with Gasteiger partial charge in [-0.25, -0.2) is 8.42 Å². The van der Waals surface area contributed by atoms with Gasteiger partial charge in [0.05, 0.1) is 17.1 Å². The van der Waals surface area contributed by atoms with E-state index in [0.29, 0.717) is 22.5 Å². The molecule has 0 aliphatic rings. The van der Waals surface area contributed by atoms with Gasteiger partial charge in [-0.1, -0.05) is 84.9 Å². The fourth-order valence-electron chi connectivity index (χ4n) is 3.43. The molecular formula is C26H22N2O3S. The van der Waals surface area contributed by atoms with Crippen LogP contribution in [0.3, 0.4) is 0 Å². The minimum absolute atomic E-state index is 0.127. The highest BCUT2D eigenvalue weighted by Crippen LogP contribution is 2.24. The number of hydrogen-bond donors (Lipinski definition) is 2. The lowest BCUT2D eigenvalue weighted by molar-refractivity contribution is 0.104. The minimum atomic E-state index is -3.60. The highest BCUT2D eigenvalue weighted by Gasteiger charge is 2.13. The monoisotopic (exact) mass is 442 g/mol. The van der Waals surface area contributed by atoms with E-state index in [2.05, 4.69) is 10.0 Å². The third kappa shape index (κ3) is 5.22. The predicted octanol–water partition coefficient (Wildman–Crippen LogP) is 5.59. The molecule has 0 aliphatic carbocycles. The Labute approximate surface area is 187 Å². The van der Waals surface area contributed by atoms with Gasteiger partial charge in [-0.3, -0.25) is 9.52 Å². The molecule has 32 heavy (non-hydrogen) atoms. The van der Waals surface area contributed by atoms with Gasteiger partial charge in [0.15, 0.2) is 5.78 Å². The van der Waals surface area contributed by atoms with Gasteiger partial charge in [0.2, 0.25) is 10.0 Å². The van der Waals surface area contributed by atoms with Crippen LogP contribution in [0.1, 0.15) is 15.9 Å². The normalized spacial score (nSPS) is 11.5. The van der Waals surface area contributed by atoms with Gasteiger partial charge in [0, 0.05) is 17.8 Å². The lowest BCUT2D eigenvalue weighted by Crippen LogP contribution is -2.16. The topological polar surface area (TPSA) is 75.3 Å². The van der Waals surface area contributed by atoms with Gasteiger partial charge in [0.25, 0.3) is 0 Å². The van der Waals surface area contributed by atoms with Crippen LogP contribution in [-0.4, -0.2) is 14.2 Å². The second kappa shape index (κ2) is 9.49. The lowest BCUT2D eigenvalue weighted by atomic mass is 10.0. The summed E-state index contributed by atoms with van der Waals surface area (Å²) < 4.78 is 27.8. The van der Waals surface area contributed by atoms with Crippen LogP contribution in [0, 0.1) is 0 Å². The van der Waals surface area contributed by atoms with Crippen LogP contribution in [0.4, 0.5) is 11.4 Å². The molecule has 4 aromatic rings. The van der Waals surface area contributed by atoms with Crippen molar-refractivity contribution in [3.63, 3.8) is 0 Å². The van der Waals surface area contributed by atoms with Crippen LogP contribution in [0.2, 0.25) is 0 Å². The number of hydrogen-bond acceptors (Lipinski definition) is 4. The molecule has 0 saturated carbocycles. The molecule has 0 saturated heterocycles. The first-order chi connectivity index (χ1) is 15.5. The van der Waals surface area contributed by atoms with Crippen LogP contribution in [0.5, 0.6) is 0 Å². The Morgan fingerprint density at radius 3 is 2.22 bits per heavy atom. The molecule has 0 radical (unpaired) electrons. The van der Waals surface area contributed by atoms with Gasteiger partial charge in [-0.05, 0) is 28.5 Å². The van der Waals surface area contributed by atoms with Crippen molar-refractivity contribution in [3.8, 4) is 0 Å². The summed E-state index contributed by atoms with van der Waals surface area (Å²) in [5.74, 6) is -0.270. The zero-order chi connectivity index (χ0) is 22.4. The molecule has 0 unspecified atom stereocenters. The number of rotatable bonds is 8. The smallest absolute Gasteiger partial charge is 0.236 e. The van der Waals surface area contributed by atoms with Crippen molar-refractivity contribution in [1.82, 2.24) is 0 Å². The summed E-state index contributed by atoms with van der Waals surface area (Å²) in [5, 5.41) is 4.91. The molecule has 2 N–H and O–H groups in total. The number of nitrogens with one attached hydrogen (secondary N) is 2. The Balaban J connectivity index is 1.48. The maximum absolute atomic E-state index is 12.7. The molecule has 0 spiro atoms. The third-order valence-corrected chi connectivity index (χ3v) is 6.16. The third-order valence-electron chi connectivity index (χ3n) is 4.92. The summed E-state index contributed by atoms with van der Waals surface area (Å²) in [4.78, 5) is 12.7. The van der Waals surface area contributed by atoms with Crippen LogP contribution in [0.15, 0.2) is 109 Å². The van der Waals surface area contributed by atoms with Gasteiger partial charge >= 0.3 is 0 Å². The van der Waals surface area contributed by atoms with Crippen LogP contribution < -0.4 is 10.0 Å². The first-order valence-electron chi connectivity index (χ1n) is 10.1. The van der Waals surface area contributed by atoms with E-state index in [4.69, 9.17) is 0 Å². The van der Waals surface area contributed by atoms with E-state index in [1.807, 2.05) is 42.5 Å². The maximum Gasteiger partial charge on any atom is 0.236 e. The van der Waals surface area contributed by atoms with Crippen LogP contribution >= 0.6 is 0 Å². The number of para-hydroxylation sites is 2. The summed E-state index contributed by atoms with van der Waals surface area (Å²) >= 11 is 0. The van der Waals surface area contributed by atoms with Crippen LogP contribution in [-0.2, 0) is 15.8 Å². The highest BCUT2D eigenvalue weighted by molar-refractivity contribution is 7.91. The predicted molar refractivity (Wildman–Crippen MR) is 130 cm³/mol. The number of anilines is 2. The fraction of sp³-hybridized carbons (Fsp3) is 0.0385. The molecule has 4 rings (SSSR count). The second-order valence-electron chi connectivity index (χ2n) is 7.26. The summed E-state index contributed by atoms with van der Waals surface area (Å²) in [6.07, 6.45) is 2.96. The molecule has 0 fully saturated rings. The Morgan fingerprint density at radius 1 is 0.750 bits per heavy atom. The highest BCUT2D eigenvalue weighted by atomic mass is 32.2. The number of benzene rings is 4.